The van der Waals surface area contributed by atoms with Crippen LogP contribution in [0.3, 0.4) is 0 Å². The lowest BCUT2D eigenvalue weighted by molar-refractivity contribution is -0.118. The zero-order valence-electron chi connectivity index (χ0n) is 12.0. The molecule has 0 saturated carbocycles. The summed E-state index contributed by atoms with van der Waals surface area (Å²) in [5.41, 5.74) is 7.20. The van der Waals surface area contributed by atoms with E-state index in [1.54, 1.807) is 24.3 Å². The van der Waals surface area contributed by atoms with Crippen LogP contribution in [-0.4, -0.2) is 17.9 Å². The van der Waals surface area contributed by atoms with Crippen molar-refractivity contribution in [2.75, 3.05) is 10.6 Å². The van der Waals surface area contributed by atoms with Crippen LogP contribution in [0, 0.1) is 5.92 Å². The number of nitrogens with two attached hydrogens (primary N) is 1. The molecule has 112 valence electrons. The van der Waals surface area contributed by atoms with Gasteiger partial charge in [0.15, 0.2) is 0 Å². The van der Waals surface area contributed by atoms with Gasteiger partial charge in [0, 0.05) is 18.3 Å². The van der Waals surface area contributed by atoms with E-state index >= 15 is 0 Å². The second kappa shape index (κ2) is 8.55. The number of halogens is 1. The number of nitrogens with one attached hydrogen (secondary N) is 2. The number of amides is 2. The van der Waals surface area contributed by atoms with Gasteiger partial charge in [0.1, 0.15) is 0 Å². The highest BCUT2D eigenvalue weighted by molar-refractivity contribution is 5.95. The summed E-state index contributed by atoms with van der Waals surface area (Å²) >= 11 is 0. The molecule has 1 aromatic rings. The van der Waals surface area contributed by atoms with Gasteiger partial charge in [0.25, 0.3) is 0 Å². The Balaban J connectivity index is 0.00000361. The van der Waals surface area contributed by atoms with E-state index in [9.17, 15) is 9.59 Å². The van der Waals surface area contributed by atoms with Crippen molar-refractivity contribution >= 4 is 35.6 Å². The third-order valence-electron chi connectivity index (χ3n) is 3.03. The summed E-state index contributed by atoms with van der Waals surface area (Å²) < 4.78 is 0. The third kappa shape index (κ3) is 5.59. The number of benzene rings is 1. The average Bonchev–Trinajstić information content (AvgIpc) is 2.38. The largest absolute Gasteiger partial charge is 0.326 e. The Bertz CT molecular complexity index is 448. The van der Waals surface area contributed by atoms with E-state index in [-0.39, 0.29) is 30.1 Å². The Morgan fingerprint density at radius 3 is 2.00 bits per heavy atom. The summed E-state index contributed by atoms with van der Waals surface area (Å²) in [6, 6.07) is 6.40. The number of carbonyl (C=O) groups excluding carboxylic acids is 2. The Labute approximate surface area is 125 Å². The van der Waals surface area contributed by atoms with E-state index in [0.29, 0.717) is 11.4 Å². The van der Waals surface area contributed by atoms with Gasteiger partial charge in [-0.2, -0.15) is 0 Å². The fourth-order valence-corrected chi connectivity index (χ4v) is 1.58. The first-order chi connectivity index (χ1) is 8.93. The summed E-state index contributed by atoms with van der Waals surface area (Å²) in [7, 11) is 0. The molecule has 0 aromatic heterocycles. The maximum atomic E-state index is 11.9. The molecule has 0 aliphatic rings. The molecule has 2 atom stereocenters. The lowest BCUT2D eigenvalue weighted by Gasteiger charge is -2.17. The Morgan fingerprint density at radius 1 is 1.15 bits per heavy atom. The first-order valence-corrected chi connectivity index (χ1v) is 6.38. The molecular formula is C14H22ClN3O2. The van der Waals surface area contributed by atoms with Gasteiger partial charge in [-0.1, -0.05) is 20.3 Å². The van der Waals surface area contributed by atoms with E-state index in [1.165, 1.54) is 6.92 Å². The zero-order valence-corrected chi connectivity index (χ0v) is 12.8. The van der Waals surface area contributed by atoms with E-state index in [1.807, 2.05) is 13.8 Å². The van der Waals surface area contributed by atoms with Crippen molar-refractivity contribution in [2.45, 2.75) is 33.2 Å². The summed E-state index contributed by atoms with van der Waals surface area (Å²) in [5.74, 6) is -0.184. The van der Waals surface area contributed by atoms with Crippen LogP contribution < -0.4 is 16.4 Å². The molecule has 1 rings (SSSR count). The van der Waals surface area contributed by atoms with Crippen molar-refractivity contribution in [2.24, 2.45) is 11.7 Å². The fraction of sp³-hybridized carbons (Fsp3) is 0.429. The quantitative estimate of drug-likeness (QED) is 0.780. The molecule has 0 aliphatic carbocycles. The molecule has 6 heteroatoms. The average molecular weight is 300 g/mol. The van der Waals surface area contributed by atoms with Crippen LogP contribution in [0.5, 0.6) is 0 Å². The molecule has 20 heavy (non-hydrogen) atoms. The maximum absolute atomic E-state index is 11.9. The van der Waals surface area contributed by atoms with E-state index in [4.69, 9.17) is 5.73 Å². The minimum absolute atomic E-state index is 0. The number of carbonyl (C=O) groups is 2. The van der Waals surface area contributed by atoms with Crippen LogP contribution in [0.25, 0.3) is 0 Å². The topological polar surface area (TPSA) is 84.2 Å². The van der Waals surface area contributed by atoms with Crippen molar-refractivity contribution in [1.29, 1.82) is 0 Å². The molecule has 1 aromatic carbocycles. The van der Waals surface area contributed by atoms with Crippen LogP contribution in [0.15, 0.2) is 24.3 Å². The first-order valence-electron chi connectivity index (χ1n) is 6.38. The van der Waals surface area contributed by atoms with Gasteiger partial charge in [-0.25, -0.2) is 0 Å². The summed E-state index contributed by atoms with van der Waals surface area (Å²) in [6.45, 7) is 5.39. The minimum Gasteiger partial charge on any atom is -0.326 e. The SMILES string of the molecule is CCC(C)C(N)C(=O)Nc1ccc(NC(C)=O)cc1.Cl. The minimum atomic E-state index is -0.514. The Kier molecular flexibility index (Phi) is 7.87. The van der Waals surface area contributed by atoms with Crippen molar-refractivity contribution in [3.05, 3.63) is 24.3 Å². The number of rotatable bonds is 5. The van der Waals surface area contributed by atoms with Gasteiger partial charge in [-0.15, -0.1) is 12.4 Å². The van der Waals surface area contributed by atoms with Gasteiger partial charge in [-0.3, -0.25) is 9.59 Å². The van der Waals surface area contributed by atoms with Gasteiger partial charge in [-0.05, 0) is 30.2 Å². The molecule has 0 bridgehead atoms. The standard InChI is InChI=1S/C14H21N3O2.ClH/c1-4-9(2)13(15)14(19)17-12-7-5-11(6-8-12)16-10(3)18;/h5-9,13H,4,15H2,1-3H3,(H,16,18)(H,17,19);1H. The van der Waals surface area contributed by atoms with Gasteiger partial charge >= 0.3 is 0 Å². The molecule has 2 unspecified atom stereocenters. The molecule has 4 N–H and O–H groups in total. The van der Waals surface area contributed by atoms with Crippen molar-refractivity contribution in [3.63, 3.8) is 0 Å². The van der Waals surface area contributed by atoms with Crippen LogP contribution in [0.4, 0.5) is 11.4 Å². The fourth-order valence-electron chi connectivity index (χ4n) is 1.58. The molecule has 0 saturated heterocycles. The first kappa shape index (κ1) is 18.4. The lowest BCUT2D eigenvalue weighted by Crippen LogP contribution is -2.40. The molecule has 0 spiro atoms. The molecule has 0 fully saturated rings. The molecule has 0 heterocycles. The van der Waals surface area contributed by atoms with Crippen LogP contribution in [0.1, 0.15) is 27.2 Å². The Morgan fingerprint density at radius 2 is 1.60 bits per heavy atom. The van der Waals surface area contributed by atoms with Gasteiger partial charge < -0.3 is 16.4 Å². The number of hydrogen-bond donors (Lipinski definition) is 3. The smallest absolute Gasteiger partial charge is 0.241 e. The van der Waals surface area contributed by atoms with E-state index in [0.717, 1.165) is 6.42 Å². The predicted molar refractivity (Wildman–Crippen MR) is 84.1 cm³/mol. The molecule has 2 amide bonds. The second-order valence-electron chi connectivity index (χ2n) is 4.66. The summed E-state index contributed by atoms with van der Waals surface area (Å²) in [6.07, 6.45) is 0.857. The van der Waals surface area contributed by atoms with Crippen LogP contribution in [-0.2, 0) is 9.59 Å². The van der Waals surface area contributed by atoms with Crippen molar-refractivity contribution in [1.82, 2.24) is 0 Å². The van der Waals surface area contributed by atoms with Gasteiger partial charge in [0.2, 0.25) is 11.8 Å². The molecule has 5 nitrogen and oxygen atoms in total. The van der Waals surface area contributed by atoms with Crippen molar-refractivity contribution in [3.8, 4) is 0 Å². The predicted octanol–water partition coefficient (Wildman–Crippen LogP) is 2.38. The zero-order chi connectivity index (χ0) is 14.4. The maximum Gasteiger partial charge on any atom is 0.241 e. The Hall–Kier alpha value is -1.59. The highest BCUT2D eigenvalue weighted by atomic mass is 35.5. The van der Waals surface area contributed by atoms with Gasteiger partial charge in [0.05, 0.1) is 6.04 Å². The number of anilines is 2. The third-order valence-corrected chi connectivity index (χ3v) is 3.03. The summed E-state index contributed by atoms with van der Waals surface area (Å²) in [5, 5.41) is 5.42. The van der Waals surface area contributed by atoms with E-state index in [2.05, 4.69) is 10.6 Å². The number of hydrogen-bond acceptors (Lipinski definition) is 3. The molecule has 0 aliphatic heterocycles. The normalized spacial score (nSPS) is 12.8. The lowest BCUT2D eigenvalue weighted by atomic mass is 9.99. The highest BCUT2D eigenvalue weighted by Crippen LogP contribution is 2.15. The van der Waals surface area contributed by atoms with E-state index < -0.39 is 6.04 Å². The monoisotopic (exact) mass is 299 g/mol. The molecular weight excluding hydrogens is 278 g/mol. The van der Waals surface area contributed by atoms with Crippen LogP contribution in [0.2, 0.25) is 0 Å². The summed E-state index contributed by atoms with van der Waals surface area (Å²) in [4.78, 5) is 22.7. The van der Waals surface area contributed by atoms with Crippen molar-refractivity contribution < 1.29 is 9.59 Å². The highest BCUT2D eigenvalue weighted by Gasteiger charge is 2.19. The molecule has 0 radical (unpaired) electrons. The van der Waals surface area contributed by atoms with Crippen LogP contribution >= 0.6 is 12.4 Å². The second-order valence-corrected chi connectivity index (χ2v) is 4.66.